The molecule has 2 heterocycles. The average Bonchev–Trinajstić information content (AvgIpc) is 3.12. The van der Waals surface area contributed by atoms with E-state index in [1.807, 2.05) is 69.3 Å². The lowest BCUT2D eigenvalue weighted by Crippen LogP contribution is -2.11. The molecule has 4 rings (SSSR count). The molecule has 0 bridgehead atoms. The normalized spacial score (nSPS) is 11.7. The van der Waals surface area contributed by atoms with Crippen LogP contribution in [0.5, 0.6) is 0 Å². The third kappa shape index (κ3) is 3.51. The summed E-state index contributed by atoms with van der Waals surface area (Å²) >= 11 is 6.09. The van der Waals surface area contributed by atoms with E-state index in [0.717, 1.165) is 27.8 Å². The van der Waals surface area contributed by atoms with Crippen molar-refractivity contribution in [1.29, 1.82) is 0 Å². The van der Waals surface area contributed by atoms with E-state index >= 15 is 0 Å². The van der Waals surface area contributed by atoms with Crippen LogP contribution in [0.15, 0.2) is 59.1 Å². The Morgan fingerprint density at radius 1 is 0.963 bits per heavy atom. The minimum Gasteiger partial charge on any atom is -0.420 e. The summed E-state index contributed by atoms with van der Waals surface area (Å²) in [6, 6.07) is 15.5. The van der Waals surface area contributed by atoms with Crippen molar-refractivity contribution in [3.63, 3.8) is 0 Å². The van der Waals surface area contributed by atoms with E-state index in [4.69, 9.17) is 16.0 Å². The third-order valence-corrected chi connectivity index (χ3v) is 4.41. The molecule has 0 unspecified atom stereocenters. The summed E-state index contributed by atoms with van der Waals surface area (Å²) in [5, 5.41) is 14.4. The second-order valence-electron chi connectivity index (χ2n) is 7.36. The van der Waals surface area contributed by atoms with Crippen molar-refractivity contribution < 1.29 is 4.42 Å². The monoisotopic (exact) mass is 378 g/mol. The molecule has 6 heteroatoms. The van der Waals surface area contributed by atoms with Crippen LogP contribution in [-0.2, 0) is 5.41 Å². The summed E-state index contributed by atoms with van der Waals surface area (Å²) in [5.41, 5.74) is 1.48. The second-order valence-corrected chi connectivity index (χ2v) is 7.80. The summed E-state index contributed by atoms with van der Waals surface area (Å²) in [6.07, 6.45) is 1.76. The van der Waals surface area contributed by atoms with Crippen molar-refractivity contribution in [2.75, 3.05) is 5.32 Å². The van der Waals surface area contributed by atoms with Crippen LogP contribution in [-0.4, -0.2) is 15.2 Å². The van der Waals surface area contributed by atoms with Crippen LogP contribution >= 0.6 is 11.6 Å². The van der Waals surface area contributed by atoms with Crippen LogP contribution in [0.1, 0.15) is 26.7 Å². The molecular weight excluding hydrogens is 360 g/mol. The number of aromatic nitrogens is 3. The van der Waals surface area contributed by atoms with Crippen LogP contribution in [0.4, 0.5) is 11.5 Å². The van der Waals surface area contributed by atoms with Gasteiger partial charge in [0, 0.05) is 27.7 Å². The fraction of sp³-hybridized carbons (Fsp3) is 0.190. The number of nitrogens with one attached hydrogen (secondary N) is 1. The topological polar surface area (TPSA) is 63.8 Å². The summed E-state index contributed by atoms with van der Waals surface area (Å²) in [6.45, 7) is 6.12. The summed E-state index contributed by atoms with van der Waals surface area (Å²) < 4.78 is 5.92. The van der Waals surface area contributed by atoms with Gasteiger partial charge in [-0.25, -0.2) is 4.98 Å². The predicted molar refractivity (Wildman–Crippen MR) is 108 cm³/mol. The Kier molecular flexibility index (Phi) is 4.32. The molecule has 0 saturated carbocycles. The van der Waals surface area contributed by atoms with Gasteiger partial charge in [0.2, 0.25) is 11.8 Å². The Labute approximate surface area is 162 Å². The Morgan fingerprint density at radius 3 is 2.44 bits per heavy atom. The molecule has 2 aromatic heterocycles. The van der Waals surface area contributed by atoms with E-state index < -0.39 is 0 Å². The standard InChI is InChI=1S/C21H19ClN4O/c1-21(2,3)20-26-25-19(27-20)17-12-23-18(16-10-5-4-9-15(16)17)24-14-8-6-7-13(22)11-14/h4-12H,1-3H3,(H,23,24). The minimum absolute atomic E-state index is 0.206. The van der Waals surface area contributed by atoms with Crippen LogP contribution < -0.4 is 5.32 Å². The van der Waals surface area contributed by atoms with E-state index in [-0.39, 0.29) is 5.41 Å². The highest BCUT2D eigenvalue weighted by Crippen LogP contribution is 2.33. The van der Waals surface area contributed by atoms with Gasteiger partial charge in [-0.15, -0.1) is 10.2 Å². The van der Waals surface area contributed by atoms with Gasteiger partial charge < -0.3 is 9.73 Å². The van der Waals surface area contributed by atoms with Crippen molar-refractivity contribution in [1.82, 2.24) is 15.2 Å². The van der Waals surface area contributed by atoms with Gasteiger partial charge in [-0.1, -0.05) is 62.7 Å². The quantitative estimate of drug-likeness (QED) is 0.475. The van der Waals surface area contributed by atoms with E-state index in [0.29, 0.717) is 16.8 Å². The number of hydrogen-bond acceptors (Lipinski definition) is 5. The lowest BCUT2D eigenvalue weighted by molar-refractivity contribution is 0.399. The molecule has 0 spiro atoms. The Hall–Kier alpha value is -2.92. The van der Waals surface area contributed by atoms with Crippen LogP contribution in [0.3, 0.4) is 0 Å². The number of anilines is 2. The van der Waals surface area contributed by atoms with E-state index in [2.05, 4.69) is 20.5 Å². The molecule has 2 aromatic carbocycles. The highest BCUT2D eigenvalue weighted by molar-refractivity contribution is 6.30. The lowest BCUT2D eigenvalue weighted by atomic mass is 9.97. The number of hydrogen-bond donors (Lipinski definition) is 1. The van der Waals surface area contributed by atoms with Crippen molar-refractivity contribution in [3.05, 3.63) is 65.6 Å². The zero-order valence-corrected chi connectivity index (χ0v) is 16.1. The van der Waals surface area contributed by atoms with Gasteiger partial charge in [0.15, 0.2) is 0 Å². The highest BCUT2D eigenvalue weighted by Gasteiger charge is 2.23. The number of fused-ring (bicyclic) bond motifs is 1. The second kappa shape index (κ2) is 6.67. The Bertz CT molecular complexity index is 1110. The molecule has 27 heavy (non-hydrogen) atoms. The molecule has 0 aliphatic rings. The van der Waals surface area contributed by atoms with Gasteiger partial charge in [-0.05, 0) is 23.6 Å². The fourth-order valence-corrected chi connectivity index (χ4v) is 2.99. The van der Waals surface area contributed by atoms with Gasteiger partial charge in [0.05, 0.1) is 5.56 Å². The first-order valence-electron chi connectivity index (χ1n) is 8.66. The van der Waals surface area contributed by atoms with Crippen molar-refractivity contribution in [2.24, 2.45) is 0 Å². The molecule has 0 radical (unpaired) electrons. The van der Waals surface area contributed by atoms with E-state index in [1.54, 1.807) is 6.20 Å². The van der Waals surface area contributed by atoms with Crippen molar-refractivity contribution in [3.8, 4) is 11.5 Å². The smallest absolute Gasteiger partial charge is 0.249 e. The molecule has 0 atom stereocenters. The SMILES string of the molecule is CC(C)(C)c1nnc(-c2cnc(Nc3cccc(Cl)c3)c3ccccc23)o1. The summed E-state index contributed by atoms with van der Waals surface area (Å²) in [4.78, 5) is 4.60. The van der Waals surface area contributed by atoms with Crippen molar-refractivity contribution >= 4 is 33.9 Å². The minimum atomic E-state index is -0.206. The zero-order valence-electron chi connectivity index (χ0n) is 15.3. The van der Waals surface area contributed by atoms with Gasteiger partial charge >= 0.3 is 0 Å². The lowest BCUT2D eigenvalue weighted by Gasteiger charge is -2.12. The molecule has 5 nitrogen and oxygen atoms in total. The predicted octanol–water partition coefficient (Wildman–Crippen LogP) is 5.98. The number of rotatable bonds is 3. The largest absolute Gasteiger partial charge is 0.420 e. The van der Waals surface area contributed by atoms with Gasteiger partial charge in [-0.2, -0.15) is 0 Å². The van der Waals surface area contributed by atoms with E-state index in [9.17, 15) is 0 Å². The molecule has 0 aliphatic carbocycles. The zero-order chi connectivity index (χ0) is 19.0. The summed E-state index contributed by atoms with van der Waals surface area (Å²) in [5.74, 6) is 1.81. The van der Waals surface area contributed by atoms with Crippen LogP contribution in [0.25, 0.3) is 22.2 Å². The van der Waals surface area contributed by atoms with Gasteiger partial charge in [0.1, 0.15) is 5.82 Å². The molecule has 136 valence electrons. The first-order chi connectivity index (χ1) is 12.9. The maximum absolute atomic E-state index is 6.09. The highest BCUT2D eigenvalue weighted by atomic mass is 35.5. The Morgan fingerprint density at radius 2 is 1.74 bits per heavy atom. The molecule has 1 N–H and O–H groups in total. The molecule has 0 amide bonds. The molecule has 0 saturated heterocycles. The van der Waals surface area contributed by atoms with Gasteiger partial charge in [-0.3, -0.25) is 0 Å². The van der Waals surface area contributed by atoms with E-state index in [1.165, 1.54) is 0 Å². The fourth-order valence-electron chi connectivity index (χ4n) is 2.80. The average molecular weight is 379 g/mol. The molecule has 0 aliphatic heterocycles. The number of halogens is 1. The number of nitrogens with zero attached hydrogens (tertiary/aromatic N) is 3. The molecule has 0 fully saturated rings. The Balaban J connectivity index is 1.80. The summed E-state index contributed by atoms with van der Waals surface area (Å²) in [7, 11) is 0. The van der Waals surface area contributed by atoms with Crippen LogP contribution in [0, 0.1) is 0 Å². The maximum Gasteiger partial charge on any atom is 0.249 e. The number of pyridine rings is 1. The van der Waals surface area contributed by atoms with Crippen LogP contribution in [0.2, 0.25) is 5.02 Å². The first-order valence-corrected chi connectivity index (χ1v) is 9.04. The number of benzene rings is 2. The third-order valence-electron chi connectivity index (χ3n) is 4.18. The molecular formula is C21H19ClN4O. The van der Waals surface area contributed by atoms with Gasteiger partial charge in [0.25, 0.3) is 0 Å². The maximum atomic E-state index is 6.09. The van der Waals surface area contributed by atoms with Crippen molar-refractivity contribution in [2.45, 2.75) is 26.2 Å². The molecule has 4 aromatic rings. The first kappa shape index (κ1) is 17.5.